The summed E-state index contributed by atoms with van der Waals surface area (Å²) in [5.74, 6) is 1.04. The molecule has 2 aromatic carbocycles. The van der Waals surface area contributed by atoms with E-state index in [1.165, 1.54) is 14.2 Å². The van der Waals surface area contributed by atoms with Crippen LogP contribution in [0.2, 0.25) is 0 Å². The van der Waals surface area contributed by atoms with Crippen molar-refractivity contribution in [2.75, 3.05) is 45.9 Å². The van der Waals surface area contributed by atoms with Gasteiger partial charge in [0.15, 0.2) is 23.0 Å². The summed E-state index contributed by atoms with van der Waals surface area (Å²) < 4.78 is 27.8. The first-order valence-corrected chi connectivity index (χ1v) is 10.5. The number of benzene rings is 2. The third-order valence-corrected chi connectivity index (χ3v) is 5.95. The van der Waals surface area contributed by atoms with Crippen LogP contribution in [-0.4, -0.2) is 69.4 Å². The van der Waals surface area contributed by atoms with E-state index in [0.717, 1.165) is 6.42 Å². The molecule has 3 heterocycles. The molecule has 3 aliphatic heterocycles. The van der Waals surface area contributed by atoms with Crippen LogP contribution in [0.5, 0.6) is 23.0 Å². The van der Waals surface area contributed by atoms with Crippen molar-refractivity contribution in [1.82, 2.24) is 4.90 Å². The van der Waals surface area contributed by atoms with Gasteiger partial charge in [-0.15, -0.1) is 0 Å². The van der Waals surface area contributed by atoms with Crippen molar-refractivity contribution in [2.24, 2.45) is 0 Å². The van der Waals surface area contributed by atoms with Crippen molar-refractivity contribution in [1.29, 1.82) is 0 Å². The van der Waals surface area contributed by atoms with Gasteiger partial charge in [0.25, 0.3) is 11.8 Å². The fourth-order valence-electron chi connectivity index (χ4n) is 4.44. The zero-order valence-corrected chi connectivity index (χ0v) is 17.9. The number of nitrogens with one attached hydrogen (secondary N) is 1. The smallest absolute Gasteiger partial charge is 0.259 e. The third-order valence-electron chi connectivity index (χ3n) is 5.95. The van der Waals surface area contributed by atoms with E-state index < -0.39 is 5.91 Å². The van der Waals surface area contributed by atoms with Crippen LogP contribution in [0.25, 0.3) is 0 Å². The van der Waals surface area contributed by atoms with Gasteiger partial charge in [-0.2, -0.15) is 0 Å². The second-order valence-electron chi connectivity index (χ2n) is 7.85. The lowest BCUT2D eigenvalue weighted by molar-refractivity contribution is 0.0259. The molecule has 5 rings (SSSR count). The van der Waals surface area contributed by atoms with Crippen LogP contribution in [0, 0.1) is 0 Å². The van der Waals surface area contributed by atoms with Gasteiger partial charge in [-0.25, -0.2) is 0 Å². The summed E-state index contributed by atoms with van der Waals surface area (Å²) in [5, 5.41) is 2.85. The maximum atomic E-state index is 13.2. The number of carbonyl (C=O) groups excluding carboxylic acids is 2. The number of hydrogen-bond acceptors (Lipinski definition) is 7. The highest BCUT2D eigenvalue weighted by atomic mass is 16.6. The molecule has 3 aliphatic rings. The Morgan fingerprint density at radius 1 is 1.12 bits per heavy atom. The quantitative estimate of drug-likeness (QED) is 0.763. The van der Waals surface area contributed by atoms with Gasteiger partial charge in [0.05, 0.1) is 44.2 Å². The zero-order chi connectivity index (χ0) is 22.2. The minimum atomic E-state index is -0.411. The lowest BCUT2D eigenvalue weighted by atomic mass is 10.1. The molecule has 0 aromatic heterocycles. The average molecular weight is 440 g/mol. The molecule has 168 valence electrons. The Morgan fingerprint density at radius 3 is 2.69 bits per heavy atom. The Morgan fingerprint density at radius 2 is 1.97 bits per heavy atom. The number of likely N-dealkylation sites (tertiary alicyclic amines) is 1. The van der Waals surface area contributed by atoms with Crippen molar-refractivity contribution in [3.8, 4) is 23.0 Å². The molecule has 32 heavy (non-hydrogen) atoms. The molecule has 2 aromatic rings. The number of rotatable bonds is 5. The Hall–Kier alpha value is -3.46. The number of morpholine rings is 1. The number of para-hydroxylation sites is 1. The molecule has 0 aliphatic carbocycles. The third kappa shape index (κ3) is 3.48. The molecular formula is C23H24N2O7. The first-order valence-electron chi connectivity index (χ1n) is 10.5. The number of methoxy groups -OCH3 is 2. The molecule has 2 atom stereocenters. The molecular weight excluding hydrogens is 416 g/mol. The maximum Gasteiger partial charge on any atom is 0.259 e. The van der Waals surface area contributed by atoms with Crippen LogP contribution in [0.3, 0.4) is 0 Å². The van der Waals surface area contributed by atoms with Crippen LogP contribution in [0.1, 0.15) is 27.1 Å². The first-order chi connectivity index (χ1) is 15.6. The Labute approximate surface area is 185 Å². The van der Waals surface area contributed by atoms with Crippen molar-refractivity contribution in [3.63, 3.8) is 0 Å². The van der Waals surface area contributed by atoms with E-state index in [9.17, 15) is 9.59 Å². The van der Waals surface area contributed by atoms with Crippen molar-refractivity contribution in [2.45, 2.75) is 18.6 Å². The highest BCUT2D eigenvalue weighted by Crippen LogP contribution is 2.39. The highest BCUT2D eigenvalue weighted by molar-refractivity contribution is 6.08. The lowest BCUT2D eigenvalue weighted by Gasteiger charge is -2.27. The van der Waals surface area contributed by atoms with E-state index in [1.807, 2.05) is 4.90 Å². The summed E-state index contributed by atoms with van der Waals surface area (Å²) in [6, 6.07) is 8.45. The van der Waals surface area contributed by atoms with E-state index in [1.54, 1.807) is 30.3 Å². The first kappa shape index (κ1) is 20.4. The van der Waals surface area contributed by atoms with Gasteiger partial charge < -0.3 is 33.9 Å². The van der Waals surface area contributed by atoms with Crippen LogP contribution in [-0.2, 0) is 4.74 Å². The fourth-order valence-corrected chi connectivity index (χ4v) is 4.44. The second kappa shape index (κ2) is 8.23. The molecule has 2 fully saturated rings. The number of hydrogen-bond donors (Lipinski definition) is 1. The predicted octanol–water partition coefficient (Wildman–Crippen LogP) is 2.34. The van der Waals surface area contributed by atoms with Gasteiger partial charge >= 0.3 is 0 Å². The maximum absolute atomic E-state index is 13.2. The largest absolute Gasteiger partial charge is 0.493 e. The number of ether oxygens (including phenoxy) is 5. The highest BCUT2D eigenvalue weighted by Gasteiger charge is 2.42. The Kier molecular flexibility index (Phi) is 5.26. The predicted molar refractivity (Wildman–Crippen MR) is 114 cm³/mol. The zero-order valence-electron chi connectivity index (χ0n) is 17.9. The van der Waals surface area contributed by atoms with Crippen LogP contribution in [0.4, 0.5) is 5.69 Å². The van der Waals surface area contributed by atoms with Crippen LogP contribution >= 0.6 is 0 Å². The molecule has 2 bridgehead atoms. The van der Waals surface area contributed by atoms with Gasteiger partial charge in [0, 0.05) is 12.1 Å². The molecule has 2 saturated heterocycles. The summed E-state index contributed by atoms with van der Waals surface area (Å²) in [5.41, 5.74) is 1.06. The Balaban J connectivity index is 1.47. The summed E-state index contributed by atoms with van der Waals surface area (Å²) in [6.45, 7) is 1.90. The SMILES string of the molecule is COc1cc(C(=O)N2C[C@H]3C[C@@H]2CO3)cc(NC(=O)c2cccc3c2OCCO3)c1OC. The minimum Gasteiger partial charge on any atom is -0.493 e. The Bertz CT molecular complexity index is 1070. The van der Waals surface area contributed by atoms with Gasteiger partial charge in [-0.3, -0.25) is 9.59 Å². The summed E-state index contributed by atoms with van der Waals surface area (Å²) in [7, 11) is 2.97. The van der Waals surface area contributed by atoms with E-state index in [4.69, 9.17) is 23.7 Å². The molecule has 0 unspecified atom stereocenters. The van der Waals surface area contributed by atoms with Crippen molar-refractivity contribution < 1.29 is 33.3 Å². The molecule has 0 spiro atoms. The molecule has 9 heteroatoms. The van der Waals surface area contributed by atoms with Crippen molar-refractivity contribution >= 4 is 17.5 Å². The molecule has 9 nitrogen and oxygen atoms in total. The number of nitrogens with zero attached hydrogens (tertiary/aromatic N) is 1. The monoisotopic (exact) mass is 440 g/mol. The summed E-state index contributed by atoms with van der Waals surface area (Å²) in [4.78, 5) is 28.2. The topological polar surface area (TPSA) is 95.6 Å². The van der Waals surface area contributed by atoms with Gasteiger partial charge in [-0.1, -0.05) is 6.07 Å². The standard InChI is InChI=1S/C23H24N2O7/c1-28-19-9-13(23(27)25-11-15-10-14(25)12-32-15)8-17(21(19)29-2)24-22(26)16-4-3-5-18-20(16)31-7-6-30-18/h3-5,8-9,14-15H,6-7,10-12H2,1-2H3,(H,24,26)/t14-,15-/m1/s1. The summed E-state index contributed by atoms with van der Waals surface area (Å²) >= 11 is 0. The van der Waals surface area contributed by atoms with Gasteiger partial charge in [-0.05, 0) is 30.7 Å². The second-order valence-corrected chi connectivity index (χ2v) is 7.85. The number of anilines is 1. The average Bonchev–Trinajstić information content (AvgIpc) is 3.46. The molecule has 2 amide bonds. The van der Waals surface area contributed by atoms with Crippen LogP contribution < -0.4 is 24.3 Å². The lowest BCUT2D eigenvalue weighted by Crippen LogP contribution is -2.41. The van der Waals surface area contributed by atoms with E-state index in [2.05, 4.69) is 5.32 Å². The van der Waals surface area contributed by atoms with Crippen molar-refractivity contribution in [3.05, 3.63) is 41.5 Å². The van der Waals surface area contributed by atoms with E-state index in [-0.39, 0.29) is 18.1 Å². The number of carbonyl (C=O) groups is 2. The number of fused-ring (bicyclic) bond motifs is 3. The van der Waals surface area contributed by atoms with Gasteiger partial charge in [0.1, 0.15) is 13.2 Å². The van der Waals surface area contributed by atoms with Crippen LogP contribution in [0.15, 0.2) is 30.3 Å². The fraction of sp³-hybridized carbons (Fsp3) is 0.391. The number of amides is 2. The van der Waals surface area contributed by atoms with E-state index in [0.29, 0.717) is 66.2 Å². The summed E-state index contributed by atoms with van der Waals surface area (Å²) in [6.07, 6.45) is 0.943. The minimum absolute atomic E-state index is 0.0756. The normalized spacial score (nSPS) is 20.8. The van der Waals surface area contributed by atoms with E-state index >= 15 is 0 Å². The molecule has 0 radical (unpaired) electrons. The molecule has 0 saturated carbocycles. The van der Waals surface area contributed by atoms with Gasteiger partial charge in [0.2, 0.25) is 0 Å². The molecule has 1 N–H and O–H groups in total.